The first-order chi connectivity index (χ1) is 14.9. The third-order valence-electron chi connectivity index (χ3n) is 5.96. The molecule has 1 aliphatic heterocycles. The van der Waals surface area contributed by atoms with Crippen molar-refractivity contribution in [3.05, 3.63) is 28.8 Å². The number of anilines is 1. The number of likely N-dealkylation sites (N-methyl/N-ethyl adjacent to an activating group) is 1. The molecule has 0 unspecified atom stereocenters. The van der Waals surface area contributed by atoms with Gasteiger partial charge in [0.15, 0.2) is 0 Å². The normalized spacial score (nSPS) is 18.2. The van der Waals surface area contributed by atoms with E-state index in [0.29, 0.717) is 18.9 Å². The molecule has 3 rings (SSSR count). The average molecular weight is 474 g/mol. The number of carbonyl (C=O) groups excluding carboxylic acids is 4. The lowest BCUT2D eigenvalue weighted by Gasteiger charge is -2.30. The van der Waals surface area contributed by atoms with Crippen molar-refractivity contribution in [2.45, 2.75) is 44.7 Å². The van der Waals surface area contributed by atoms with Gasteiger partial charge >= 0.3 is 6.18 Å². The predicted molar refractivity (Wildman–Crippen MR) is 110 cm³/mol. The lowest BCUT2D eigenvalue weighted by atomic mass is 9.73. The van der Waals surface area contributed by atoms with Crippen LogP contribution in [0.4, 0.5) is 18.9 Å². The fourth-order valence-corrected chi connectivity index (χ4v) is 4.44. The van der Waals surface area contributed by atoms with E-state index in [2.05, 4.69) is 5.32 Å². The van der Waals surface area contributed by atoms with Crippen molar-refractivity contribution in [3.63, 3.8) is 0 Å². The van der Waals surface area contributed by atoms with Gasteiger partial charge in [-0.1, -0.05) is 30.9 Å². The Balaban J connectivity index is 1.58. The van der Waals surface area contributed by atoms with Crippen molar-refractivity contribution in [1.29, 1.82) is 0 Å². The maximum Gasteiger partial charge on any atom is 0.417 e. The van der Waals surface area contributed by atoms with Gasteiger partial charge in [0.25, 0.3) is 0 Å². The van der Waals surface area contributed by atoms with Gasteiger partial charge in [-0.2, -0.15) is 13.2 Å². The summed E-state index contributed by atoms with van der Waals surface area (Å²) in [4.78, 5) is 51.9. The highest BCUT2D eigenvalue weighted by Crippen LogP contribution is 2.45. The van der Waals surface area contributed by atoms with Crippen LogP contribution in [0.5, 0.6) is 0 Å². The Morgan fingerprint density at radius 1 is 1.19 bits per heavy atom. The van der Waals surface area contributed by atoms with Gasteiger partial charge in [0, 0.05) is 19.2 Å². The number of nitrogens with one attached hydrogen (secondary N) is 1. The molecule has 1 aliphatic carbocycles. The highest BCUT2D eigenvalue weighted by Gasteiger charge is 2.51. The van der Waals surface area contributed by atoms with E-state index >= 15 is 0 Å². The molecule has 2 fully saturated rings. The van der Waals surface area contributed by atoms with Crippen molar-refractivity contribution in [3.8, 4) is 0 Å². The molecule has 0 aromatic heterocycles. The van der Waals surface area contributed by atoms with E-state index < -0.39 is 53.0 Å². The molecular formula is C21H23ClF3N3O4. The first-order valence-electron chi connectivity index (χ1n) is 10.2. The number of amides is 4. The van der Waals surface area contributed by atoms with Gasteiger partial charge in [0.2, 0.25) is 23.6 Å². The Morgan fingerprint density at radius 2 is 1.84 bits per heavy atom. The Kier molecular flexibility index (Phi) is 6.83. The van der Waals surface area contributed by atoms with Crippen LogP contribution in [0.2, 0.25) is 5.02 Å². The highest BCUT2D eigenvalue weighted by atomic mass is 35.5. The van der Waals surface area contributed by atoms with Gasteiger partial charge in [-0.3, -0.25) is 24.1 Å². The fourth-order valence-electron chi connectivity index (χ4n) is 4.22. The second-order valence-corrected chi connectivity index (χ2v) is 8.70. The van der Waals surface area contributed by atoms with E-state index in [-0.39, 0.29) is 18.0 Å². The summed E-state index contributed by atoms with van der Waals surface area (Å²) in [6, 6.07) is 2.93. The smallest absolute Gasteiger partial charge is 0.335 e. The largest absolute Gasteiger partial charge is 0.417 e. The van der Waals surface area contributed by atoms with Gasteiger partial charge < -0.3 is 10.2 Å². The lowest BCUT2D eigenvalue weighted by Crippen LogP contribution is -2.45. The van der Waals surface area contributed by atoms with Gasteiger partial charge in [0.05, 0.1) is 22.5 Å². The fraction of sp³-hybridized carbons (Fsp3) is 0.524. The third kappa shape index (κ3) is 5.06. The zero-order chi connectivity index (χ0) is 23.7. The summed E-state index contributed by atoms with van der Waals surface area (Å²) >= 11 is 5.56. The Morgan fingerprint density at radius 3 is 2.47 bits per heavy atom. The number of halogens is 4. The number of benzene rings is 1. The minimum Gasteiger partial charge on any atom is -0.335 e. The van der Waals surface area contributed by atoms with Gasteiger partial charge in [-0.25, -0.2) is 0 Å². The number of hydrogen-bond donors (Lipinski definition) is 1. The first kappa shape index (κ1) is 24.0. The Hall–Kier alpha value is -2.62. The minimum absolute atomic E-state index is 0.0986. The predicted octanol–water partition coefficient (Wildman–Crippen LogP) is 3.47. The van der Waals surface area contributed by atoms with E-state index in [4.69, 9.17) is 11.6 Å². The van der Waals surface area contributed by atoms with Gasteiger partial charge in [-0.15, -0.1) is 0 Å². The summed E-state index contributed by atoms with van der Waals surface area (Å²) < 4.78 is 38.9. The van der Waals surface area contributed by atoms with Crippen molar-refractivity contribution in [1.82, 2.24) is 9.80 Å². The van der Waals surface area contributed by atoms with Crippen molar-refractivity contribution < 1.29 is 32.3 Å². The molecule has 1 spiro atoms. The van der Waals surface area contributed by atoms with E-state index in [1.807, 2.05) is 0 Å². The van der Waals surface area contributed by atoms with E-state index in [9.17, 15) is 32.3 Å². The molecule has 0 atom stereocenters. The lowest BCUT2D eigenvalue weighted by molar-refractivity contribution is -0.147. The molecule has 174 valence electrons. The summed E-state index contributed by atoms with van der Waals surface area (Å²) in [7, 11) is 1.31. The number of imide groups is 1. The molecule has 1 heterocycles. The first-order valence-corrected chi connectivity index (χ1v) is 10.6. The SMILES string of the molecule is CN(CC(=O)Nc1ccc(Cl)c(C(F)(F)F)c1)C(=O)CN1C(=O)CC2(CCCCC2)C1=O. The maximum absolute atomic E-state index is 13.0. The van der Waals surface area contributed by atoms with Crippen LogP contribution in [0.25, 0.3) is 0 Å². The van der Waals surface area contributed by atoms with Crippen LogP contribution in [-0.2, 0) is 25.4 Å². The molecule has 1 aromatic rings. The van der Waals surface area contributed by atoms with Crippen LogP contribution < -0.4 is 5.32 Å². The molecule has 0 bridgehead atoms. The van der Waals surface area contributed by atoms with E-state index in [0.717, 1.165) is 35.1 Å². The summed E-state index contributed by atoms with van der Waals surface area (Å²) in [5.74, 6) is -2.10. The zero-order valence-electron chi connectivity index (χ0n) is 17.4. The molecule has 1 saturated heterocycles. The van der Waals surface area contributed by atoms with Crippen LogP contribution in [-0.4, -0.2) is 53.6 Å². The summed E-state index contributed by atoms with van der Waals surface area (Å²) in [6.07, 6.45) is -0.596. The van der Waals surface area contributed by atoms with Crippen LogP contribution in [0.3, 0.4) is 0 Å². The standard InChI is InChI=1S/C21H23ClF3N3O4/c1-27(11-16(29)26-13-5-6-15(22)14(9-13)21(23,24)25)18(31)12-28-17(30)10-20(19(28)32)7-3-2-4-8-20/h5-6,9H,2-4,7-8,10-12H2,1H3,(H,26,29). The molecule has 32 heavy (non-hydrogen) atoms. The average Bonchev–Trinajstić information content (AvgIpc) is 2.92. The topological polar surface area (TPSA) is 86.8 Å². The molecule has 7 nitrogen and oxygen atoms in total. The molecule has 11 heteroatoms. The maximum atomic E-state index is 13.0. The van der Waals surface area contributed by atoms with Gasteiger partial charge in [-0.05, 0) is 31.0 Å². The second-order valence-electron chi connectivity index (χ2n) is 8.29. The summed E-state index contributed by atoms with van der Waals surface area (Å²) in [5.41, 5.74) is -1.93. The monoisotopic (exact) mass is 473 g/mol. The zero-order valence-corrected chi connectivity index (χ0v) is 18.2. The molecule has 0 radical (unpaired) electrons. The van der Waals surface area contributed by atoms with E-state index in [1.54, 1.807) is 0 Å². The Labute approximate surface area is 187 Å². The van der Waals surface area contributed by atoms with Crippen molar-refractivity contribution in [2.75, 3.05) is 25.5 Å². The summed E-state index contributed by atoms with van der Waals surface area (Å²) in [5, 5.41) is 1.78. The molecular weight excluding hydrogens is 451 g/mol. The van der Waals surface area contributed by atoms with Crippen molar-refractivity contribution in [2.24, 2.45) is 5.41 Å². The van der Waals surface area contributed by atoms with Crippen molar-refractivity contribution >= 4 is 40.9 Å². The van der Waals surface area contributed by atoms with Gasteiger partial charge in [0.1, 0.15) is 6.54 Å². The van der Waals surface area contributed by atoms with Crippen LogP contribution in [0, 0.1) is 5.41 Å². The third-order valence-corrected chi connectivity index (χ3v) is 6.29. The van der Waals surface area contributed by atoms with E-state index in [1.165, 1.54) is 13.1 Å². The number of likely N-dealkylation sites (tertiary alicyclic amines) is 1. The summed E-state index contributed by atoms with van der Waals surface area (Å²) in [6.45, 7) is -0.938. The van der Waals surface area contributed by atoms with Crippen LogP contribution >= 0.6 is 11.6 Å². The number of alkyl halides is 3. The van der Waals surface area contributed by atoms with Crippen LogP contribution in [0.1, 0.15) is 44.1 Å². The molecule has 4 amide bonds. The second kappa shape index (κ2) is 9.09. The highest BCUT2D eigenvalue weighted by molar-refractivity contribution is 6.31. The number of nitrogens with zero attached hydrogens (tertiary/aromatic N) is 2. The van der Waals surface area contributed by atoms with Crippen LogP contribution in [0.15, 0.2) is 18.2 Å². The number of rotatable bonds is 5. The number of carbonyl (C=O) groups is 4. The Bertz CT molecular complexity index is 945. The molecule has 1 N–H and O–H groups in total. The number of hydrogen-bond acceptors (Lipinski definition) is 4. The minimum atomic E-state index is -4.69. The molecule has 2 aliphatic rings. The molecule has 1 aromatic carbocycles. The molecule has 1 saturated carbocycles. The quantitative estimate of drug-likeness (QED) is 0.663.